The van der Waals surface area contributed by atoms with Gasteiger partial charge in [0.15, 0.2) is 5.60 Å². The molecule has 2 atom stereocenters. The first kappa shape index (κ1) is 18.7. The highest BCUT2D eigenvalue weighted by Gasteiger charge is 2.53. The molecule has 152 valence electrons. The zero-order chi connectivity index (χ0) is 21.1. The fourth-order valence-corrected chi connectivity index (χ4v) is 4.33. The minimum absolute atomic E-state index is 0.145. The molecule has 0 aromatic heterocycles. The summed E-state index contributed by atoms with van der Waals surface area (Å²) in [6.45, 7) is 0. The predicted octanol–water partition coefficient (Wildman–Crippen LogP) is 3.10. The van der Waals surface area contributed by atoms with Crippen molar-refractivity contribution in [2.75, 3.05) is 7.11 Å². The number of rotatable bonds is 3. The van der Waals surface area contributed by atoms with Crippen LogP contribution in [0.25, 0.3) is 0 Å². The molecule has 1 spiro atoms. The van der Waals surface area contributed by atoms with Crippen LogP contribution >= 0.6 is 7.82 Å². The van der Waals surface area contributed by atoms with Gasteiger partial charge in [0.1, 0.15) is 23.0 Å². The number of hydrogen-bond acceptors (Lipinski definition) is 7. The van der Waals surface area contributed by atoms with E-state index < -0.39 is 19.4 Å². The molecule has 0 radical (unpaired) electrons. The predicted molar refractivity (Wildman–Crippen MR) is 102 cm³/mol. The van der Waals surface area contributed by atoms with Gasteiger partial charge in [-0.25, -0.2) is 4.79 Å². The van der Waals surface area contributed by atoms with Gasteiger partial charge in [-0.3, -0.25) is 4.57 Å². The standard InChI is InChI=1S/C21H15O8P/c1-26-12-6-8-16-18(10-12)27-19-11-13(29-30(23,24)25)7-9-17(19)21(16)15-5-3-2-4-14(15)20(22)28-21/h2-11H,1H3,(H2,23,24,25)/p-1. The van der Waals surface area contributed by atoms with Crippen molar-refractivity contribution < 1.29 is 37.9 Å². The maximum atomic E-state index is 12.7. The number of esters is 1. The largest absolute Gasteiger partial charge is 0.746 e. The van der Waals surface area contributed by atoms with Crippen LogP contribution in [0.4, 0.5) is 0 Å². The summed E-state index contributed by atoms with van der Waals surface area (Å²) in [5.41, 5.74) is 0.856. The van der Waals surface area contributed by atoms with E-state index in [1.807, 2.05) is 0 Å². The van der Waals surface area contributed by atoms with Gasteiger partial charge in [-0.05, 0) is 30.3 Å². The van der Waals surface area contributed by atoms with Gasteiger partial charge >= 0.3 is 13.8 Å². The second kappa shape index (κ2) is 6.34. The van der Waals surface area contributed by atoms with Gasteiger partial charge < -0.3 is 28.5 Å². The normalized spacial score (nSPS) is 20.3. The van der Waals surface area contributed by atoms with Gasteiger partial charge in [-0.15, -0.1) is 0 Å². The molecule has 2 aliphatic heterocycles. The van der Waals surface area contributed by atoms with Gasteiger partial charge in [-0.2, -0.15) is 0 Å². The third-order valence-corrected chi connectivity index (χ3v) is 5.55. The van der Waals surface area contributed by atoms with Crippen molar-refractivity contribution >= 4 is 13.8 Å². The maximum absolute atomic E-state index is 12.7. The molecule has 0 saturated carbocycles. The second-order valence-electron chi connectivity index (χ2n) is 6.80. The molecule has 0 bridgehead atoms. The Kier molecular flexibility index (Phi) is 3.95. The average molecular weight is 425 g/mol. The van der Waals surface area contributed by atoms with E-state index in [4.69, 9.17) is 19.1 Å². The Labute approximate surface area is 170 Å². The Morgan fingerprint density at radius 2 is 1.60 bits per heavy atom. The highest BCUT2D eigenvalue weighted by atomic mass is 31.2. The molecule has 3 aromatic rings. The van der Waals surface area contributed by atoms with Crippen molar-refractivity contribution in [2.24, 2.45) is 0 Å². The summed E-state index contributed by atoms with van der Waals surface area (Å²) in [5.74, 6) is 0.481. The number of carbonyl (C=O) groups excluding carboxylic acids is 1. The number of phosphoric acid groups is 1. The van der Waals surface area contributed by atoms with E-state index in [0.717, 1.165) is 0 Å². The minimum Gasteiger partial charge on any atom is -0.746 e. The van der Waals surface area contributed by atoms with Gasteiger partial charge in [0.2, 0.25) is 0 Å². The van der Waals surface area contributed by atoms with Crippen LogP contribution in [0.5, 0.6) is 23.0 Å². The van der Waals surface area contributed by atoms with Crippen LogP contribution in [0.3, 0.4) is 0 Å². The Hall–Kier alpha value is -3.32. The van der Waals surface area contributed by atoms with Crippen molar-refractivity contribution in [3.63, 3.8) is 0 Å². The molecule has 1 N–H and O–H groups in total. The maximum Gasteiger partial charge on any atom is 0.340 e. The number of methoxy groups -OCH3 is 1. The molecule has 2 heterocycles. The van der Waals surface area contributed by atoms with Crippen LogP contribution in [0.15, 0.2) is 60.7 Å². The first-order chi connectivity index (χ1) is 14.3. The average Bonchev–Trinajstić information content (AvgIpc) is 3.00. The summed E-state index contributed by atoms with van der Waals surface area (Å²) in [6.07, 6.45) is 0. The van der Waals surface area contributed by atoms with Gasteiger partial charge in [0.05, 0.1) is 12.7 Å². The summed E-state index contributed by atoms with van der Waals surface area (Å²) in [5, 5.41) is 0. The van der Waals surface area contributed by atoms with E-state index >= 15 is 0 Å². The van der Waals surface area contributed by atoms with Crippen molar-refractivity contribution in [2.45, 2.75) is 5.60 Å². The van der Waals surface area contributed by atoms with Crippen molar-refractivity contribution in [1.29, 1.82) is 0 Å². The topological polar surface area (TPSA) is 114 Å². The number of carbonyl (C=O) groups is 1. The first-order valence-corrected chi connectivity index (χ1v) is 10.4. The lowest BCUT2D eigenvalue weighted by molar-refractivity contribution is -0.211. The molecule has 0 saturated heterocycles. The minimum atomic E-state index is -5.01. The number of phosphoric ester groups is 1. The molecule has 9 heteroatoms. The number of hydrogen-bond donors (Lipinski definition) is 1. The van der Waals surface area contributed by atoms with E-state index in [0.29, 0.717) is 33.8 Å². The summed E-state index contributed by atoms with van der Waals surface area (Å²) in [6, 6.07) is 16.4. The summed E-state index contributed by atoms with van der Waals surface area (Å²) in [4.78, 5) is 32.9. The Morgan fingerprint density at radius 3 is 2.27 bits per heavy atom. The lowest BCUT2D eigenvalue weighted by atomic mass is 9.77. The van der Waals surface area contributed by atoms with E-state index in [2.05, 4.69) is 4.52 Å². The molecule has 30 heavy (non-hydrogen) atoms. The van der Waals surface area contributed by atoms with Crippen LogP contribution in [-0.2, 0) is 14.9 Å². The smallest absolute Gasteiger partial charge is 0.340 e. The van der Waals surface area contributed by atoms with E-state index in [9.17, 15) is 14.3 Å². The molecular weight excluding hydrogens is 411 g/mol. The van der Waals surface area contributed by atoms with E-state index in [1.165, 1.54) is 19.2 Å². The van der Waals surface area contributed by atoms with Gasteiger partial charge in [0.25, 0.3) is 0 Å². The SMILES string of the molecule is COc1ccc2c(c1)Oc1cc(OP(=O)([O-])O)ccc1C21OC(=O)c2ccccc21. The van der Waals surface area contributed by atoms with Crippen LogP contribution in [0, 0.1) is 0 Å². The molecule has 0 fully saturated rings. The highest BCUT2D eigenvalue weighted by molar-refractivity contribution is 7.45. The van der Waals surface area contributed by atoms with E-state index in [1.54, 1.807) is 48.5 Å². The van der Waals surface area contributed by atoms with Crippen molar-refractivity contribution in [1.82, 2.24) is 0 Å². The third-order valence-electron chi connectivity index (χ3n) is 5.11. The Morgan fingerprint density at radius 1 is 0.967 bits per heavy atom. The highest BCUT2D eigenvalue weighted by Crippen LogP contribution is 2.57. The molecule has 0 amide bonds. The van der Waals surface area contributed by atoms with Crippen LogP contribution in [0.1, 0.15) is 27.0 Å². The molecule has 5 rings (SSSR count). The molecular formula is C21H14O8P-. The third kappa shape index (κ3) is 2.69. The van der Waals surface area contributed by atoms with Gasteiger partial charge in [-0.1, -0.05) is 18.2 Å². The zero-order valence-corrected chi connectivity index (χ0v) is 16.4. The Bertz CT molecular complexity index is 1250. The fraction of sp³-hybridized carbons (Fsp3) is 0.0952. The van der Waals surface area contributed by atoms with Gasteiger partial charge in [0, 0.05) is 28.8 Å². The molecule has 8 nitrogen and oxygen atoms in total. The van der Waals surface area contributed by atoms with Crippen molar-refractivity contribution in [3.05, 3.63) is 82.9 Å². The fourth-order valence-electron chi connectivity index (χ4n) is 3.95. The first-order valence-electron chi connectivity index (χ1n) is 8.89. The Balaban J connectivity index is 1.78. The summed E-state index contributed by atoms with van der Waals surface area (Å²) < 4.78 is 33.0. The van der Waals surface area contributed by atoms with Crippen LogP contribution in [-0.4, -0.2) is 18.0 Å². The monoisotopic (exact) mass is 425 g/mol. The number of ether oxygens (including phenoxy) is 3. The van der Waals surface area contributed by atoms with Crippen LogP contribution < -0.4 is 18.9 Å². The zero-order valence-electron chi connectivity index (χ0n) is 15.5. The second-order valence-corrected chi connectivity index (χ2v) is 7.92. The summed E-state index contributed by atoms with van der Waals surface area (Å²) in [7, 11) is -3.50. The molecule has 3 aromatic carbocycles. The number of benzene rings is 3. The number of fused-ring (bicyclic) bond motifs is 6. The van der Waals surface area contributed by atoms with Crippen LogP contribution in [0.2, 0.25) is 0 Å². The lowest BCUT2D eigenvalue weighted by Gasteiger charge is -2.36. The lowest BCUT2D eigenvalue weighted by Crippen LogP contribution is -2.33. The van der Waals surface area contributed by atoms with Crippen molar-refractivity contribution in [3.8, 4) is 23.0 Å². The quantitative estimate of drug-likeness (QED) is 0.503. The summed E-state index contributed by atoms with van der Waals surface area (Å²) >= 11 is 0. The molecule has 2 aliphatic rings. The molecule has 2 unspecified atom stereocenters. The molecule has 0 aliphatic carbocycles. The van der Waals surface area contributed by atoms with E-state index in [-0.39, 0.29) is 11.5 Å².